The Kier molecular flexibility index (Phi) is 6.33. The summed E-state index contributed by atoms with van der Waals surface area (Å²) in [4.78, 5) is 12.3. The summed E-state index contributed by atoms with van der Waals surface area (Å²) >= 11 is 0. The van der Waals surface area contributed by atoms with E-state index in [1.54, 1.807) is 25.6 Å². The van der Waals surface area contributed by atoms with E-state index in [0.717, 1.165) is 18.5 Å². The minimum Gasteiger partial charge on any atom is -0.494 e. The fraction of sp³-hybridized carbons (Fsp3) is 0.278. The van der Waals surface area contributed by atoms with Gasteiger partial charge >= 0.3 is 0 Å². The van der Waals surface area contributed by atoms with Crippen LogP contribution in [0.25, 0.3) is 11.3 Å². The second-order valence-corrected chi connectivity index (χ2v) is 5.71. The average molecular weight is 380 g/mol. The smallest absolute Gasteiger partial charge is 0.158 e. The number of aromatic amines is 1. The minimum absolute atomic E-state index is 0.245. The molecule has 0 aliphatic carbocycles. The second-order valence-electron chi connectivity index (χ2n) is 5.71. The van der Waals surface area contributed by atoms with Gasteiger partial charge in [0, 0.05) is 6.07 Å². The van der Waals surface area contributed by atoms with Crippen molar-refractivity contribution in [3.05, 3.63) is 36.5 Å². The number of rotatable bonds is 9. The van der Waals surface area contributed by atoms with Gasteiger partial charge < -0.3 is 20.1 Å². The number of nitrogens with one attached hydrogen (secondary N) is 3. The molecule has 0 saturated heterocycles. The highest BCUT2D eigenvalue weighted by atomic mass is 16.5. The van der Waals surface area contributed by atoms with E-state index in [-0.39, 0.29) is 5.69 Å². The van der Waals surface area contributed by atoms with Crippen LogP contribution in [0.2, 0.25) is 0 Å². The predicted octanol–water partition coefficient (Wildman–Crippen LogP) is 1.87. The van der Waals surface area contributed by atoms with E-state index in [9.17, 15) is 0 Å². The maximum absolute atomic E-state index is 8.79. The molecular formula is C18H20N8O2. The number of H-pyrrole nitrogens is 1. The molecule has 3 rings (SSSR count). The fourth-order valence-corrected chi connectivity index (χ4v) is 2.48. The molecule has 3 N–H and O–H groups in total. The molecule has 0 bridgehead atoms. The van der Waals surface area contributed by atoms with Gasteiger partial charge in [0.05, 0.1) is 49.8 Å². The summed E-state index contributed by atoms with van der Waals surface area (Å²) in [5.74, 6) is 2.18. The van der Waals surface area contributed by atoms with Crippen LogP contribution in [0.4, 0.5) is 11.6 Å². The molecule has 3 heterocycles. The Hall–Kier alpha value is -3.71. The Morgan fingerprint density at radius 3 is 2.71 bits per heavy atom. The molecule has 0 aliphatic rings. The number of aromatic nitrogens is 5. The van der Waals surface area contributed by atoms with E-state index >= 15 is 0 Å². The van der Waals surface area contributed by atoms with Gasteiger partial charge in [0.15, 0.2) is 17.3 Å². The van der Waals surface area contributed by atoms with Crippen molar-refractivity contribution in [2.75, 3.05) is 32.6 Å². The standard InChI is InChI=1S/C18H20N8O2/c1-20-4-3-5-28-15-10-21-9-14(27-2)18(15)13-6-16(26-25-13)24-17-11-22-12(7-19)8-23-17/h6,8-11,20H,3-5H2,1-2H3,(H2,23,24,25,26). The topological polar surface area (TPSA) is 134 Å². The second kappa shape index (κ2) is 9.29. The zero-order valence-corrected chi connectivity index (χ0v) is 15.6. The third kappa shape index (κ3) is 4.52. The summed E-state index contributed by atoms with van der Waals surface area (Å²) in [7, 11) is 3.48. The molecule has 0 atom stereocenters. The molecule has 10 heteroatoms. The highest BCUT2D eigenvalue weighted by Gasteiger charge is 2.16. The Morgan fingerprint density at radius 2 is 2.00 bits per heavy atom. The highest BCUT2D eigenvalue weighted by molar-refractivity contribution is 5.75. The molecule has 0 radical (unpaired) electrons. The number of pyridine rings is 1. The molecule has 0 saturated carbocycles. The lowest BCUT2D eigenvalue weighted by atomic mass is 10.1. The van der Waals surface area contributed by atoms with E-state index in [2.05, 4.69) is 35.8 Å². The van der Waals surface area contributed by atoms with Crippen LogP contribution < -0.4 is 20.1 Å². The zero-order valence-electron chi connectivity index (χ0n) is 15.6. The van der Waals surface area contributed by atoms with Gasteiger partial charge in [0.2, 0.25) is 0 Å². The molecule has 28 heavy (non-hydrogen) atoms. The normalized spacial score (nSPS) is 10.3. The summed E-state index contributed by atoms with van der Waals surface area (Å²) in [5, 5.41) is 22.1. The number of hydrogen-bond acceptors (Lipinski definition) is 9. The number of nitriles is 1. The van der Waals surface area contributed by atoms with Crippen molar-refractivity contribution in [1.29, 1.82) is 5.26 Å². The van der Waals surface area contributed by atoms with Crippen molar-refractivity contribution < 1.29 is 9.47 Å². The van der Waals surface area contributed by atoms with Crippen LogP contribution in [-0.4, -0.2) is 52.5 Å². The number of methoxy groups -OCH3 is 1. The SMILES string of the molecule is CNCCCOc1cncc(OC)c1-c1cc(Nc2cnc(C#N)cn2)n[nH]1. The van der Waals surface area contributed by atoms with Crippen LogP contribution in [-0.2, 0) is 0 Å². The summed E-state index contributed by atoms with van der Waals surface area (Å²) in [6.07, 6.45) is 6.99. The lowest BCUT2D eigenvalue weighted by Gasteiger charge is -2.13. The number of hydrogen-bond donors (Lipinski definition) is 3. The molecule has 0 aliphatic heterocycles. The van der Waals surface area contributed by atoms with E-state index in [0.29, 0.717) is 35.4 Å². The van der Waals surface area contributed by atoms with E-state index in [1.807, 2.05) is 13.1 Å². The zero-order chi connectivity index (χ0) is 19.8. The summed E-state index contributed by atoms with van der Waals surface area (Å²) in [5.41, 5.74) is 1.68. The first-order valence-electron chi connectivity index (χ1n) is 8.59. The number of anilines is 2. The number of ether oxygens (including phenoxy) is 2. The third-order valence-corrected chi connectivity index (χ3v) is 3.79. The predicted molar refractivity (Wildman–Crippen MR) is 102 cm³/mol. The van der Waals surface area contributed by atoms with Gasteiger partial charge in [0.1, 0.15) is 17.6 Å². The largest absolute Gasteiger partial charge is 0.494 e. The first-order valence-corrected chi connectivity index (χ1v) is 8.59. The van der Waals surface area contributed by atoms with Crippen molar-refractivity contribution in [1.82, 2.24) is 30.5 Å². The summed E-state index contributed by atoms with van der Waals surface area (Å²) in [6, 6.07) is 3.73. The monoisotopic (exact) mass is 380 g/mol. The maximum Gasteiger partial charge on any atom is 0.158 e. The van der Waals surface area contributed by atoms with Gasteiger partial charge in [-0.1, -0.05) is 0 Å². The molecule has 0 unspecified atom stereocenters. The van der Waals surface area contributed by atoms with E-state index in [1.165, 1.54) is 12.4 Å². The molecule has 144 valence electrons. The van der Waals surface area contributed by atoms with Crippen LogP contribution in [0.3, 0.4) is 0 Å². The van der Waals surface area contributed by atoms with Crippen LogP contribution >= 0.6 is 0 Å². The molecule has 0 spiro atoms. The van der Waals surface area contributed by atoms with Gasteiger partial charge in [-0.15, -0.1) is 0 Å². The maximum atomic E-state index is 8.79. The van der Waals surface area contributed by atoms with Crippen LogP contribution in [0.15, 0.2) is 30.9 Å². The number of nitrogens with zero attached hydrogens (tertiary/aromatic N) is 5. The fourth-order valence-electron chi connectivity index (χ4n) is 2.48. The molecule has 10 nitrogen and oxygen atoms in total. The molecule has 0 fully saturated rings. The van der Waals surface area contributed by atoms with E-state index in [4.69, 9.17) is 14.7 Å². The van der Waals surface area contributed by atoms with Crippen molar-refractivity contribution in [2.24, 2.45) is 0 Å². The Morgan fingerprint density at radius 1 is 1.14 bits per heavy atom. The van der Waals surface area contributed by atoms with Gasteiger partial charge in [0.25, 0.3) is 0 Å². The summed E-state index contributed by atoms with van der Waals surface area (Å²) < 4.78 is 11.3. The van der Waals surface area contributed by atoms with Gasteiger partial charge in [-0.2, -0.15) is 10.4 Å². The molecule has 3 aromatic heterocycles. The first-order chi connectivity index (χ1) is 13.7. The van der Waals surface area contributed by atoms with Gasteiger partial charge in [-0.3, -0.25) is 10.1 Å². The Balaban J connectivity index is 1.81. The quantitative estimate of drug-likeness (QED) is 0.476. The average Bonchev–Trinajstić information content (AvgIpc) is 3.19. The van der Waals surface area contributed by atoms with Crippen molar-refractivity contribution >= 4 is 11.6 Å². The third-order valence-electron chi connectivity index (χ3n) is 3.79. The van der Waals surface area contributed by atoms with Crippen LogP contribution in [0.1, 0.15) is 12.1 Å². The molecular weight excluding hydrogens is 360 g/mol. The highest BCUT2D eigenvalue weighted by Crippen LogP contribution is 2.37. The van der Waals surface area contributed by atoms with Crippen molar-refractivity contribution in [3.8, 4) is 28.8 Å². The van der Waals surface area contributed by atoms with Crippen LogP contribution in [0.5, 0.6) is 11.5 Å². The Bertz CT molecular complexity index is 949. The lowest BCUT2D eigenvalue weighted by Crippen LogP contribution is -2.12. The van der Waals surface area contributed by atoms with Gasteiger partial charge in [-0.05, 0) is 20.0 Å². The molecule has 0 aromatic carbocycles. The first kappa shape index (κ1) is 19.1. The lowest BCUT2D eigenvalue weighted by molar-refractivity contribution is 0.307. The van der Waals surface area contributed by atoms with Gasteiger partial charge in [-0.25, -0.2) is 9.97 Å². The van der Waals surface area contributed by atoms with E-state index < -0.39 is 0 Å². The van der Waals surface area contributed by atoms with Crippen molar-refractivity contribution in [3.63, 3.8) is 0 Å². The minimum atomic E-state index is 0.245. The molecule has 0 amide bonds. The summed E-state index contributed by atoms with van der Waals surface area (Å²) in [6.45, 7) is 1.40. The molecule has 3 aromatic rings. The van der Waals surface area contributed by atoms with Crippen molar-refractivity contribution in [2.45, 2.75) is 6.42 Å². The van der Waals surface area contributed by atoms with Crippen LogP contribution in [0, 0.1) is 11.3 Å². The Labute approximate surface area is 162 Å².